The molecule has 1 aromatic carbocycles. The predicted molar refractivity (Wildman–Crippen MR) is 141 cm³/mol. The maximum atomic E-state index is 12.8. The number of H-pyrrole nitrogens is 1. The number of aromatic nitrogens is 1. The molecule has 13 nitrogen and oxygen atoms in total. The highest BCUT2D eigenvalue weighted by Crippen LogP contribution is 2.42. The second-order valence-corrected chi connectivity index (χ2v) is 10.4. The van der Waals surface area contributed by atoms with Crippen molar-refractivity contribution < 1.29 is 54.1 Å². The number of hydrogen-bond donors (Lipinski definition) is 7. The number of carboxylic acids is 1. The van der Waals surface area contributed by atoms with Crippen molar-refractivity contribution in [1.82, 2.24) is 10.3 Å². The summed E-state index contributed by atoms with van der Waals surface area (Å²) in [4.78, 5) is 28.3. The van der Waals surface area contributed by atoms with Crippen molar-refractivity contribution in [1.29, 1.82) is 0 Å². The Kier molecular flexibility index (Phi) is 8.47. The van der Waals surface area contributed by atoms with Gasteiger partial charge in [0.25, 0.3) is 0 Å². The number of aliphatic hydroxyl groups excluding tert-OH is 4. The quantitative estimate of drug-likeness (QED) is 0.163. The molecule has 0 radical (unpaired) electrons. The van der Waals surface area contributed by atoms with Crippen molar-refractivity contribution in [3.8, 4) is 0 Å². The third-order valence-corrected chi connectivity index (χ3v) is 8.11. The number of carboxylic acid groups (broad SMARTS) is 1. The Morgan fingerprint density at radius 2 is 1.90 bits per heavy atom. The number of aliphatic carboxylic acids is 1. The molecular weight excluding hydrogens is 540 g/mol. The molecule has 0 amide bonds. The molecule has 0 spiro atoms. The van der Waals surface area contributed by atoms with Crippen molar-refractivity contribution in [2.24, 2.45) is 11.8 Å². The Morgan fingerprint density at radius 1 is 1.15 bits per heavy atom. The number of para-hydroxylation sites is 1. The highest BCUT2D eigenvalue weighted by atomic mass is 16.8. The average Bonchev–Trinajstić information content (AvgIpc) is 3.36. The van der Waals surface area contributed by atoms with E-state index in [2.05, 4.69) is 16.9 Å². The van der Waals surface area contributed by atoms with Crippen molar-refractivity contribution in [2.75, 3.05) is 13.7 Å². The number of ether oxygens (including phenoxy) is 4. The van der Waals surface area contributed by atoms with Gasteiger partial charge in [0.05, 0.1) is 25.6 Å². The van der Waals surface area contributed by atoms with Crippen LogP contribution in [0.2, 0.25) is 0 Å². The molecule has 2 aromatic rings. The maximum absolute atomic E-state index is 12.8. The summed E-state index contributed by atoms with van der Waals surface area (Å²) in [5.41, 5.74) is 2.70. The van der Waals surface area contributed by atoms with E-state index in [0.717, 1.165) is 22.2 Å². The van der Waals surface area contributed by atoms with E-state index >= 15 is 0 Å². The molecule has 1 fully saturated rings. The van der Waals surface area contributed by atoms with Gasteiger partial charge >= 0.3 is 11.9 Å². The zero-order chi connectivity index (χ0) is 29.4. The number of aliphatic hydroxyl groups is 4. The van der Waals surface area contributed by atoms with Gasteiger partial charge in [-0.1, -0.05) is 24.3 Å². The molecule has 1 saturated heterocycles. The molecule has 3 aliphatic heterocycles. The van der Waals surface area contributed by atoms with Crippen LogP contribution in [0.5, 0.6) is 0 Å². The van der Waals surface area contributed by atoms with Gasteiger partial charge in [0.2, 0.25) is 6.29 Å². The van der Waals surface area contributed by atoms with Gasteiger partial charge in [0.15, 0.2) is 6.29 Å². The smallest absolute Gasteiger partial charge is 0.337 e. The van der Waals surface area contributed by atoms with E-state index in [9.17, 15) is 35.1 Å². The fraction of sp³-hybridized carbons (Fsp3) is 0.500. The van der Waals surface area contributed by atoms with Crippen LogP contribution in [0.15, 0.2) is 48.8 Å². The van der Waals surface area contributed by atoms with Gasteiger partial charge in [-0.05, 0) is 18.1 Å². The summed E-state index contributed by atoms with van der Waals surface area (Å²) in [6.45, 7) is 3.26. The number of nitrogens with one attached hydrogen (secondary N) is 2. The molecule has 13 heteroatoms. The lowest BCUT2D eigenvalue weighted by atomic mass is 9.77. The number of hydrogen-bond acceptors (Lipinski definition) is 11. The fourth-order valence-electron chi connectivity index (χ4n) is 5.95. The predicted octanol–water partition coefficient (Wildman–Crippen LogP) is -0.154. The Labute approximate surface area is 235 Å². The van der Waals surface area contributed by atoms with Crippen molar-refractivity contribution in [3.05, 3.63) is 60.0 Å². The largest absolute Gasteiger partial charge is 0.480 e. The Morgan fingerprint density at radius 3 is 2.59 bits per heavy atom. The Bertz CT molecular complexity index is 1320. The van der Waals surface area contributed by atoms with E-state index in [-0.39, 0.29) is 18.4 Å². The number of aromatic amines is 1. The molecule has 1 aromatic heterocycles. The third-order valence-electron chi connectivity index (χ3n) is 8.11. The summed E-state index contributed by atoms with van der Waals surface area (Å²) in [5.74, 6) is -3.06. The molecule has 7 N–H and O–H groups in total. The first-order valence-electron chi connectivity index (χ1n) is 13.3. The minimum Gasteiger partial charge on any atom is -0.480 e. The van der Waals surface area contributed by atoms with Crippen LogP contribution in [0.3, 0.4) is 0 Å². The van der Waals surface area contributed by atoms with Crippen LogP contribution >= 0.6 is 0 Å². The number of rotatable bonds is 8. The topological polar surface area (TPSA) is 200 Å². The first-order chi connectivity index (χ1) is 19.7. The summed E-state index contributed by atoms with van der Waals surface area (Å²) in [5, 5.41) is 54.3. The van der Waals surface area contributed by atoms with Gasteiger partial charge in [0, 0.05) is 40.9 Å². The number of fused-ring (bicyclic) bond motifs is 3. The van der Waals surface area contributed by atoms with Crippen LogP contribution in [0.4, 0.5) is 0 Å². The molecule has 0 saturated carbocycles. The van der Waals surface area contributed by atoms with E-state index in [0.29, 0.717) is 0 Å². The SMILES string of the molecule is C=C[C@H]1[C@H](O[C@@H]2O[C@H](CO)[C@@H](O)[C@H](O)[C@H]2O)OC=C(C(=O)OC)[C@@H]1C[C@@H]1N[C@H](C(=O)O)Cc2c1[nH]c1ccccc21. The van der Waals surface area contributed by atoms with Gasteiger partial charge in [-0.2, -0.15) is 0 Å². The molecular formula is C28H34N2O11. The molecule has 10 atom stereocenters. The first kappa shape index (κ1) is 29.2. The van der Waals surface area contributed by atoms with Gasteiger partial charge < -0.3 is 49.5 Å². The second kappa shape index (κ2) is 11.9. The summed E-state index contributed by atoms with van der Waals surface area (Å²) in [6.07, 6.45) is -5.57. The number of carbonyl (C=O) groups excluding carboxylic acids is 1. The van der Waals surface area contributed by atoms with Gasteiger partial charge in [0.1, 0.15) is 30.5 Å². The monoisotopic (exact) mass is 574 g/mol. The molecule has 0 aliphatic carbocycles. The second-order valence-electron chi connectivity index (χ2n) is 10.4. The van der Waals surface area contributed by atoms with E-state index in [1.54, 1.807) is 0 Å². The molecule has 0 bridgehead atoms. The maximum Gasteiger partial charge on any atom is 0.337 e. The van der Waals surface area contributed by atoms with Gasteiger partial charge in [-0.25, -0.2) is 4.79 Å². The van der Waals surface area contributed by atoms with Crippen molar-refractivity contribution >= 4 is 22.8 Å². The molecule has 4 heterocycles. The Hall–Kier alpha value is -3.30. The van der Waals surface area contributed by atoms with Gasteiger partial charge in [-0.3, -0.25) is 10.1 Å². The lowest BCUT2D eigenvalue weighted by molar-refractivity contribution is -0.339. The number of methoxy groups -OCH3 is 1. The number of benzene rings is 1. The van der Waals surface area contributed by atoms with Gasteiger partial charge in [-0.15, -0.1) is 6.58 Å². The molecule has 0 unspecified atom stereocenters. The van der Waals surface area contributed by atoms with E-state index in [1.165, 1.54) is 19.4 Å². The zero-order valence-electron chi connectivity index (χ0n) is 22.3. The average molecular weight is 575 g/mol. The zero-order valence-corrected chi connectivity index (χ0v) is 22.3. The van der Waals surface area contributed by atoms with Crippen LogP contribution in [0.25, 0.3) is 10.9 Å². The number of esters is 1. The highest BCUT2D eigenvalue weighted by molar-refractivity contribution is 5.89. The number of carbonyl (C=O) groups is 2. The fourth-order valence-corrected chi connectivity index (χ4v) is 5.95. The van der Waals surface area contributed by atoms with E-state index < -0.39 is 79.5 Å². The van der Waals surface area contributed by atoms with E-state index in [1.807, 2.05) is 24.3 Å². The molecule has 5 rings (SSSR count). The summed E-state index contributed by atoms with van der Waals surface area (Å²) < 4.78 is 22.1. The lowest BCUT2D eigenvalue weighted by Crippen LogP contribution is -2.60. The van der Waals surface area contributed by atoms with Crippen LogP contribution in [0, 0.1) is 11.8 Å². The minimum absolute atomic E-state index is 0.169. The standard InChI is InChI=1S/C28H34N2O11/c1-3-12-14(8-18-21-15(9-19(29-18)25(35)36)13-6-4-5-7-17(13)30-21)16(26(37)38-2)11-39-27(12)41-28-24(34)23(33)22(32)20(10-31)40-28/h3-7,11-12,14,18-20,22-24,27-34H,1,8-10H2,2H3,(H,35,36)/t12-,14-,18+,19+,20-,22-,23+,24-,27+,28+/m1/s1. The molecule has 222 valence electrons. The molecule has 3 aliphatic rings. The van der Waals surface area contributed by atoms with Crippen LogP contribution in [0.1, 0.15) is 23.7 Å². The van der Waals surface area contributed by atoms with Crippen LogP contribution < -0.4 is 5.32 Å². The minimum atomic E-state index is -1.67. The summed E-state index contributed by atoms with van der Waals surface area (Å²) in [7, 11) is 1.23. The summed E-state index contributed by atoms with van der Waals surface area (Å²) in [6, 6.07) is 6.20. The third kappa shape index (κ3) is 5.37. The Balaban J connectivity index is 1.47. The van der Waals surface area contributed by atoms with Crippen molar-refractivity contribution in [3.63, 3.8) is 0 Å². The van der Waals surface area contributed by atoms with Crippen LogP contribution in [-0.2, 0) is 35.0 Å². The lowest BCUT2D eigenvalue weighted by Gasteiger charge is -2.43. The van der Waals surface area contributed by atoms with E-state index in [4.69, 9.17) is 18.9 Å². The molecule has 41 heavy (non-hydrogen) atoms. The normalized spacial score (nSPS) is 35.2. The van der Waals surface area contributed by atoms with Crippen LogP contribution in [-0.4, -0.2) is 99.2 Å². The summed E-state index contributed by atoms with van der Waals surface area (Å²) >= 11 is 0. The first-order valence-corrected chi connectivity index (χ1v) is 13.3. The van der Waals surface area contributed by atoms with Crippen molar-refractivity contribution in [2.45, 2.75) is 61.9 Å². The highest BCUT2D eigenvalue weighted by Gasteiger charge is 2.48.